The first-order valence-electron chi connectivity index (χ1n) is 8.57. The summed E-state index contributed by atoms with van der Waals surface area (Å²) in [4.78, 5) is 26.0. The first kappa shape index (κ1) is 16.3. The van der Waals surface area contributed by atoms with Crippen LogP contribution in [0.3, 0.4) is 0 Å². The van der Waals surface area contributed by atoms with Crippen LogP contribution in [0.25, 0.3) is 0 Å². The van der Waals surface area contributed by atoms with Crippen molar-refractivity contribution in [2.24, 2.45) is 5.92 Å². The Morgan fingerprint density at radius 2 is 1.62 bits per heavy atom. The quantitative estimate of drug-likeness (QED) is 0.706. The highest BCUT2D eigenvalue weighted by molar-refractivity contribution is 5.78. The number of carbonyl (C=O) groups excluding carboxylic acids is 2. The van der Waals surface area contributed by atoms with Crippen LogP contribution in [0.2, 0.25) is 0 Å². The second-order valence-electron chi connectivity index (χ2n) is 6.56. The van der Waals surface area contributed by atoms with Crippen molar-refractivity contribution in [1.29, 1.82) is 0 Å². The lowest BCUT2D eigenvalue weighted by atomic mass is 9.86. The molecule has 0 N–H and O–H groups in total. The zero-order valence-corrected chi connectivity index (χ0v) is 13.3. The van der Waals surface area contributed by atoms with Crippen LogP contribution in [0.5, 0.6) is 0 Å². The van der Waals surface area contributed by atoms with Gasteiger partial charge in [0.25, 0.3) is 0 Å². The van der Waals surface area contributed by atoms with Gasteiger partial charge >= 0.3 is 5.97 Å². The SMILES string of the molecule is COC(=O)CCN(C(=O)CC1CCCCC1)C1CCCC1. The van der Waals surface area contributed by atoms with Crippen molar-refractivity contribution in [2.45, 2.75) is 76.7 Å². The second-order valence-corrected chi connectivity index (χ2v) is 6.56. The molecule has 2 rings (SSSR count). The smallest absolute Gasteiger partial charge is 0.307 e. The van der Waals surface area contributed by atoms with Crippen molar-refractivity contribution in [3.05, 3.63) is 0 Å². The molecule has 0 aromatic heterocycles. The molecule has 2 aliphatic carbocycles. The maximum Gasteiger partial charge on any atom is 0.307 e. The zero-order chi connectivity index (χ0) is 15.1. The lowest BCUT2D eigenvalue weighted by Crippen LogP contribution is -2.41. The Labute approximate surface area is 128 Å². The van der Waals surface area contributed by atoms with E-state index in [-0.39, 0.29) is 11.9 Å². The Bertz CT molecular complexity index is 344. The van der Waals surface area contributed by atoms with Crippen LogP contribution in [-0.2, 0) is 14.3 Å². The summed E-state index contributed by atoms with van der Waals surface area (Å²) in [5.74, 6) is 0.606. The molecule has 1 amide bonds. The largest absolute Gasteiger partial charge is 0.469 e. The number of esters is 1. The third-order valence-corrected chi connectivity index (χ3v) is 5.06. The molecule has 0 heterocycles. The molecule has 0 aromatic rings. The van der Waals surface area contributed by atoms with E-state index in [4.69, 9.17) is 4.74 Å². The number of hydrogen-bond donors (Lipinski definition) is 0. The lowest BCUT2D eigenvalue weighted by molar-refractivity contribution is -0.142. The normalized spacial score (nSPS) is 20.4. The van der Waals surface area contributed by atoms with Crippen LogP contribution in [0.4, 0.5) is 0 Å². The first-order valence-corrected chi connectivity index (χ1v) is 8.57. The summed E-state index contributed by atoms with van der Waals surface area (Å²) in [6, 6.07) is 0.353. The van der Waals surface area contributed by atoms with Crippen molar-refractivity contribution in [3.8, 4) is 0 Å². The molecule has 2 aliphatic rings. The van der Waals surface area contributed by atoms with Crippen LogP contribution < -0.4 is 0 Å². The van der Waals surface area contributed by atoms with Gasteiger partial charge < -0.3 is 9.64 Å². The van der Waals surface area contributed by atoms with Gasteiger partial charge in [0.15, 0.2) is 0 Å². The van der Waals surface area contributed by atoms with E-state index in [2.05, 4.69) is 0 Å². The highest BCUT2D eigenvalue weighted by Crippen LogP contribution is 2.29. The van der Waals surface area contributed by atoms with E-state index in [9.17, 15) is 9.59 Å². The van der Waals surface area contributed by atoms with Gasteiger partial charge in [0.2, 0.25) is 5.91 Å². The van der Waals surface area contributed by atoms with Gasteiger partial charge in [-0.15, -0.1) is 0 Å². The van der Waals surface area contributed by atoms with E-state index in [0.29, 0.717) is 31.3 Å². The van der Waals surface area contributed by atoms with E-state index < -0.39 is 0 Å². The van der Waals surface area contributed by atoms with Gasteiger partial charge in [-0.25, -0.2) is 0 Å². The molecule has 4 heteroatoms. The molecule has 0 radical (unpaired) electrons. The summed E-state index contributed by atoms with van der Waals surface area (Å²) in [5.41, 5.74) is 0. The van der Waals surface area contributed by atoms with Gasteiger partial charge in [-0.3, -0.25) is 9.59 Å². The molecule has 2 fully saturated rings. The predicted octanol–water partition coefficient (Wildman–Crippen LogP) is 3.29. The number of methoxy groups -OCH3 is 1. The van der Waals surface area contributed by atoms with Crippen molar-refractivity contribution in [1.82, 2.24) is 4.90 Å². The fourth-order valence-electron chi connectivity index (χ4n) is 3.80. The predicted molar refractivity (Wildman–Crippen MR) is 81.8 cm³/mol. The fourth-order valence-corrected chi connectivity index (χ4v) is 3.80. The van der Waals surface area contributed by atoms with Crippen LogP contribution in [0.15, 0.2) is 0 Å². The van der Waals surface area contributed by atoms with Crippen LogP contribution >= 0.6 is 0 Å². The molecular weight excluding hydrogens is 266 g/mol. The maximum atomic E-state index is 12.7. The molecule has 21 heavy (non-hydrogen) atoms. The Morgan fingerprint density at radius 1 is 1.00 bits per heavy atom. The summed E-state index contributed by atoms with van der Waals surface area (Å²) >= 11 is 0. The van der Waals surface area contributed by atoms with Crippen molar-refractivity contribution in [3.63, 3.8) is 0 Å². The van der Waals surface area contributed by atoms with Gasteiger partial charge in [-0.2, -0.15) is 0 Å². The molecule has 0 bridgehead atoms. The average Bonchev–Trinajstić information content (AvgIpc) is 3.02. The van der Waals surface area contributed by atoms with Gasteiger partial charge in [-0.1, -0.05) is 32.1 Å². The number of nitrogens with zero attached hydrogens (tertiary/aromatic N) is 1. The summed E-state index contributed by atoms with van der Waals surface area (Å²) in [7, 11) is 1.41. The Hall–Kier alpha value is -1.06. The highest BCUT2D eigenvalue weighted by Gasteiger charge is 2.28. The molecule has 4 nitrogen and oxygen atoms in total. The molecule has 120 valence electrons. The third-order valence-electron chi connectivity index (χ3n) is 5.06. The maximum absolute atomic E-state index is 12.7. The van der Waals surface area contributed by atoms with E-state index >= 15 is 0 Å². The molecule has 0 unspecified atom stereocenters. The van der Waals surface area contributed by atoms with E-state index in [1.54, 1.807) is 0 Å². The Kier molecular flexibility index (Phi) is 6.52. The molecule has 2 saturated carbocycles. The number of amides is 1. The minimum atomic E-state index is -0.219. The standard InChI is InChI=1S/C17H29NO3/c1-21-17(20)11-12-18(15-9-5-6-10-15)16(19)13-14-7-3-2-4-8-14/h14-15H,2-13H2,1H3. The van der Waals surface area contributed by atoms with E-state index in [1.807, 2.05) is 4.90 Å². The number of carbonyl (C=O) groups is 2. The fraction of sp³-hybridized carbons (Fsp3) is 0.882. The molecule has 0 aliphatic heterocycles. The molecular formula is C17H29NO3. The van der Waals surface area contributed by atoms with Crippen LogP contribution in [-0.4, -0.2) is 36.5 Å². The number of hydrogen-bond acceptors (Lipinski definition) is 3. The van der Waals surface area contributed by atoms with E-state index in [1.165, 1.54) is 52.1 Å². The van der Waals surface area contributed by atoms with Crippen molar-refractivity contribution in [2.75, 3.05) is 13.7 Å². The molecule has 0 aromatic carbocycles. The van der Waals surface area contributed by atoms with Crippen molar-refractivity contribution < 1.29 is 14.3 Å². The number of ether oxygens (including phenoxy) is 1. The monoisotopic (exact) mass is 295 g/mol. The zero-order valence-electron chi connectivity index (χ0n) is 13.3. The van der Waals surface area contributed by atoms with Gasteiger partial charge in [-0.05, 0) is 31.6 Å². The third kappa shape index (κ3) is 5.01. The van der Waals surface area contributed by atoms with Gasteiger partial charge in [0.1, 0.15) is 0 Å². The minimum Gasteiger partial charge on any atom is -0.469 e. The summed E-state index contributed by atoms with van der Waals surface area (Å²) in [6.45, 7) is 0.531. The summed E-state index contributed by atoms with van der Waals surface area (Å²) < 4.78 is 4.72. The summed E-state index contributed by atoms with van der Waals surface area (Å²) in [6.07, 6.45) is 11.8. The van der Waals surface area contributed by atoms with E-state index in [0.717, 1.165) is 12.8 Å². The first-order chi connectivity index (χ1) is 10.2. The highest BCUT2D eigenvalue weighted by atomic mass is 16.5. The van der Waals surface area contributed by atoms with Crippen molar-refractivity contribution >= 4 is 11.9 Å². The average molecular weight is 295 g/mol. The lowest BCUT2D eigenvalue weighted by Gasteiger charge is -2.31. The number of rotatable bonds is 6. The van der Waals surface area contributed by atoms with Crippen LogP contribution in [0, 0.1) is 5.92 Å². The molecule has 0 atom stereocenters. The minimum absolute atomic E-state index is 0.219. The summed E-state index contributed by atoms with van der Waals surface area (Å²) in [5, 5.41) is 0. The topological polar surface area (TPSA) is 46.6 Å². The van der Waals surface area contributed by atoms with Gasteiger partial charge in [0.05, 0.1) is 13.5 Å². The van der Waals surface area contributed by atoms with Crippen LogP contribution in [0.1, 0.15) is 70.6 Å². The van der Waals surface area contributed by atoms with Gasteiger partial charge in [0, 0.05) is 19.0 Å². The molecule has 0 spiro atoms. The second kappa shape index (κ2) is 8.40. The Morgan fingerprint density at radius 3 is 2.24 bits per heavy atom. The molecule has 0 saturated heterocycles. The Balaban J connectivity index is 1.89.